The van der Waals surface area contributed by atoms with E-state index in [1.807, 2.05) is 6.07 Å². The van der Waals surface area contributed by atoms with Gasteiger partial charge in [0, 0.05) is 24.2 Å². The second kappa shape index (κ2) is 3.81. The summed E-state index contributed by atoms with van der Waals surface area (Å²) in [5.74, 6) is -0.0505. The van der Waals surface area contributed by atoms with Crippen molar-refractivity contribution in [1.29, 1.82) is 0 Å². The van der Waals surface area contributed by atoms with Crippen molar-refractivity contribution in [2.24, 2.45) is 0 Å². The highest BCUT2D eigenvalue weighted by molar-refractivity contribution is 6.09. The minimum atomic E-state index is -0.400. The SMILES string of the molecule is CC(=O)Oc1cccc2[nH]cc(C(C)=O)c12. The van der Waals surface area contributed by atoms with Gasteiger partial charge in [0.25, 0.3) is 0 Å². The Morgan fingerprint density at radius 2 is 2.00 bits per heavy atom. The molecule has 16 heavy (non-hydrogen) atoms. The van der Waals surface area contributed by atoms with Crippen molar-refractivity contribution in [2.75, 3.05) is 0 Å². The molecule has 0 amide bonds. The zero-order valence-electron chi connectivity index (χ0n) is 9.03. The van der Waals surface area contributed by atoms with Crippen molar-refractivity contribution in [3.05, 3.63) is 30.0 Å². The number of carbonyl (C=O) groups excluding carboxylic acids is 2. The van der Waals surface area contributed by atoms with E-state index in [1.165, 1.54) is 13.8 Å². The Morgan fingerprint density at radius 3 is 2.62 bits per heavy atom. The van der Waals surface area contributed by atoms with Crippen molar-refractivity contribution in [1.82, 2.24) is 4.98 Å². The maximum atomic E-state index is 11.4. The molecular weight excluding hydrogens is 206 g/mol. The maximum Gasteiger partial charge on any atom is 0.308 e. The van der Waals surface area contributed by atoms with E-state index in [4.69, 9.17) is 4.74 Å². The van der Waals surface area contributed by atoms with E-state index in [9.17, 15) is 9.59 Å². The second-order valence-corrected chi connectivity index (χ2v) is 3.53. The summed E-state index contributed by atoms with van der Waals surface area (Å²) in [6.45, 7) is 2.81. The van der Waals surface area contributed by atoms with E-state index in [0.717, 1.165) is 5.52 Å². The summed E-state index contributed by atoms with van der Waals surface area (Å²) in [6, 6.07) is 5.26. The van der Waals surface area contributed by atoms with E-state index in [0.29, 0.717) is 16.7 Å². The van der Waals surface area contributed by atoms with Crippen LogP contribution in [0, 0.1) is 0 Å². The number of fused-ring (bicyclic) bond motifs is 1. The van der Waals surface area contributed by atoms with E-state index in [1.54, 1.807) is 18.3 Å². The van der Waals surface area contributed by atoms with Crippen LogP contribution in [0.2, 0.25) is 0 Å². The zero-order chi connectivity index (χ0) is 11.7. The number of benzene rings is 1. The lowest BCUT2D eigenvalue weighted by Crippen LogP contribution is -2.02. The summed E-state index contributed by atoms with van der Waals surface area (Å²) < 4.78 is 5.07. The fraction of sp³-hybridized carbons (Fsp3) is 0.167. The molecule has 0 aliphatic carbocycles. The topological polar surface area (TPSA) is 59.2 Å². The molecule has 4 nitrogen and oxygen atoms in total. The predicted molar refractivity (Wildman–Crippen MR) is 59.6 cm³/mol. The number of ether oxygens (including phenoxy) is 1. The molecule has 0 saturated heterocycles. The number of hydrogen-bond donors (Lipinski definition) is 1. The Kier molecular flexibility index (Phi) is 2.48. The summed E-state index contributed by atoms with van der Waals surface area (Å²) in [6.07, 6.45) is 1.62. The summed E-state index contributed by atoms with van der Waals surface area (Å²) in [7, 11) is 0. The molecule has 1 heterocycles. The lowest BCUT2D eigenvalue weighted by molar-refractivity contribution is -0.131. The predicted octanol–water partition coefficient (Wildman–Crippen LogP) is 2.30. The second-order valence-electron chi connectivity index (χ2n) is 3.53. The van der Waals surface area contributed by atoms with Gasteiger partial charge in [0.15, 0.2) is 5.78 Å². The number of esters is 1. The number of aromatic amines is 1. The largest absolute Gasteiger partial charge is 0.426 e. The number of rotatable bonds is 2. The summed E-state index contributed by atoms with van der Waals surface area (Å²) in [4.78, 5) is 25.3. The lowest BCUT2D eigenvalue weighted by Gasteiger charge is -2.03. The quantitative estimate of drug-likeness (QED) is 0.477. The molecule has 0 fully saturated rings. The van der Waals surface area contributed by atoms with Crippen molar-refractivity contribution in [3.63, 3.8) is 0 Å². The molecule has 0 radical (unpaired) electrons. The van der Waals surface area contributed by atoms with Crippen LogP contribution in [0.4, 0.5) is 0 Å². The molecule has 0 bridgehead atoms. The van der Waals surface area contributed by atoms with Gasteiger partial charge in [-0.2, -0.15) is 0 Å². The first-order chi connectivity index (χ1) is 7.59. The van der Waals surface area contributed by atoms with Crippen LogP contribution in [0.3, 0.4) is 0 Å². The van der Waals surface area contributed by atoms with Gasteiger partial charge >= 0.3 is 5.97 Å². The molecule has 0 aliphatic heterocycles. The molecule has 0 unspecified atom stereocenters. The zero-order valence-corrected chi connectivity index (χ0v) is 9.03. The van der Waals surface area contributed by atoms with Gasteiger partial charge in [-0.15, -0.1) is 0 Å². The molecule has 4 heteroatoms. The first kappa shape index (κ1) is 10.4. The number of ketones is 1. The Morgan fingerprint density at radius 1 is 1.25 bits per heavy atom. The minimum Gasteiger partial charge on any atom is -0.426 e. The van der Waals surface area contributed by atoms with Gasteiger partial charge in [0.05, 0.1) is 5.39 Å². The molecule has 1 aromatic carbocycles. The normalized spacial score (nSPS) is 10.4. The number of H-pyrrole nitrogens is 1. The number of aromatic nitrogens is 1. The first-order valence-corrected chi connectivity index (χ1v) is 4.89. The monoisotopic (exact) mass is 217 g/mol. The molecule has 82 valence electrons. The van der Waals surface area contributed by atoms with Crippen LogP contribution in [-0.4, -0.2) is 16.7 Å². The molecule has 0 aliphatic rings. The third-order valence-electron chi connectivity index (χ3n) is 2.30. The van der Waals surface area contributed by atoms with Gasteiger partial charge in [-0.3, -0.25) is 9.59 Å². The molecular formula is C12H11NO3. The third-order valence-corrected chi connectivity index (χ3v) is 2.30. The molecule has 1 aromatic heterocycles. The van der Waals surface area contributed by atoms with Crippen molar-refractivity contribution in [2.45, 2.75) is 13.8 Å². The highest BCUT2D eigenvalue weighted by Crippen LogP contribution is 2.29. The summed E-state index contributed by atoms with van der Waals surface area (Å²) >= 11 is 0. The molecule has 0 atom stereocenters. The highest BCUT2D eigenvalue weighted by Gasteiger charge is 2.13. The van der Waals surface area contributed by atoms with Gasteiger partial charge in [-0.25, -0.2) is 0 Å². The Bertz CT molecular complexity index is 569. The Balaban J connectivity index is 2.68. The Hall–Kier alpha value is -2.10. The van der Waals surface area contributed by atoms with Gasteiger partial charge < -0.3 is 9.72 Å². The van der Waals surface area contributed by atoms with Crippen LogP contribution in [0.25, 0.3) is 10.9 Å². The van der Waals surface area contributed by atoms with Gasteiger partial charge in [-0.1, -0.05) is 6.07 Å². The minimum absolute atomic E-state index is 0.0640. The number of nitrogens with one attached hydrogen (secondary N) is 1. The lowest BCUT2D eigenvalue weighted by atomic mass is 10.1. The fourth-order valence-electron chi connectivity index (χ4n) is 1.67. The van der Waals surface area contributed by atoms with E-state index < -0.39 is 5.97 Å². The molecule has 1 N–H and O–H groups in total. The average molecular weight is 217 g/mol. The van der Waals surface area contributed by atoms with Crippen LogP contribution in [-0.2, 0) is 4.79 Å². The number of Topliss-reactive ketones (excluding diaryl/α,β-unsaturated/α-hetero) is 1. The summed E-state index contributed by atoms with van der Waals surface area (Å²) in [5.41, 5.74) is 1.32. The van der Waals surface area contributed by atoms with Crippen LogP contribution >= 0.6 is 0 Å². The summed E-state index contributed by atoms with van der Waals surface area (Å²) in [5, 5.41) is 0.658. The van der Waals surface area contributed by atoms with Crippen LogP contribution in [0.5, 0.6) is 5.75 Å². The third kappa shape index (κ3) is 1.69. The average Bonchev–Trinajstić information content (AvgIpc) is 2.61. The molecule has 0 spiro atoms. The number of hydrogen-bond acceptors (Lipinski definition) is 3. The molecule has 0 saturated carbocycles. The molecule has 2 aromatic rings. The smallest absolute Gasteiger partial charge is 0.308 e. The number of carbonyl (C=O) groups is 2. The molecule has 2 rings (SSSR count). The highest BCUT2D eigenvalue weighted by atomic mass is 16.5. The van der Waals surface area contributed by atoms with Gasteiger partial charge in [-0.05, 0) is 19.1 Å². The van der Waals surface area contributed by atoms with Crippen molar-refractivity contribution in [3.8, 4) is 5.75 Å². The Labute approximate surface area is 92.2 Å². The van der Waals surface area contributed by atoms with Gasteiger partial charge in [0.1, 0.15) is 5.75 Å². The maximum absolute atomic E-state index is 11.4. The van der Waals surface area contributed by atoms with Crippen molar-refractivity contribution >= 4 is 22.7 Å². The van der Waals surface area contributed by atoms with E-state index >= 15 is 0 Å². The first-order valence-electron chi connectivity index (χ1n) is 4.89. The van der Waals surface area contributed by atoms with E-state index in [-0.39, 0.29) is 5.78 Å². The van der Waals surface area contributed by atoms with Crippen LogP contribution in [0.15, 0.2) is 24.4 Å². The van der Waals surface area contributed by atoms with Crippen LogP contribution < -0.4 is 4.74 Å². The van der Waals surface area contributed by atoms with Gasteiger partial charge in [0.2, 0.25) is 0 Å². The van der Waals surface area contributed by atoms with Crippen LogP contribution in [0.1, 0.15) is 24.2 Å². The van der Waals surface area contributed by atoms with E-state index in [2.05, 4.69) is 4.98 Å². The van der Waals surface area contributed by atoms with Crippen molar-refractivity contribution < 1.29 is 14.3 Å². The standard InChI is InChI=1S/C12H11NO3/c1-7(14)9-6-13-10-4-3-5-11(12(9)10)16-8(2)15/h3-6,13H,1-2H3. The fourth-order valence-corrected chi connectivity index (χ4v) is 1.67.